The third-order valence-electron chi connectivity index (χ3n) is 4.26. The molecule has 2 aromatic rings. The van der Waals surface area contributed by atoms with Crippen LogP contribution < -0.4 is 0 Å². The first-order valence-corrected chi connectivity index (χ1v) is 7.63. The molecule has 0 radical (unpaired) electrons. The fourth-order valence-corrected chi connectivity index (χ4v) is 4.03. The molecule has 19 heavy (non-hydrogen) atoms. The molecule has 0 spiro atoms. The van der Waals surface area contributed by atoms with E-state index in [9.17, 15) is 0 Å². The zero-order valence-electron chi connectivity index (χ0n) is 11.3. The van der Waals surface area contributed by atoms with E-state index >= 15 is 0 Å². The molecule has 1 aliphatic carbocycles. The van der Waals surface area contributed by atoms with Gasteiger partial charge in [0.2, 0.25) is 0 Å². The molecule has 2 aromatic carbocycles. The van der Waals surface area contributed by atoms with E-state index in [2.05, 4.69) is 38.1 Å². The monoisotopic (exact) mass is 292 g/mol. The van der Waals surface area contributed by atoms with Crippen molar-refractivity contribution in [2.24, 2.45) is 5.41 Å². The van der Waals surface area contributed by atoms with Crippen molar-refractivity contribution < 1.29 is 0 Å². The molecule has 0 heterocycles. The second kappa shape index (κ2) is 4.68. The molecule has 0 bridgehead atoms. The predicted octanol–water partition coefficient (Wildman–Crippen LogP) is 6.14. The van der Waals surface area contributed by atoms with Gasteiger partial charge in [0.15, 0.2) is 0 Å². The third-order valence-corrected chi connectivity index (χ3v) is 4.96. The second-order valence-electron chi connectivity index (χ2n) is 6.31. The number of fused-ring (bicyclic) bond motifs is 3. The van der Waals surface area contributed by atoms with Gasteiger partial charge >= 0.3 is 0 Å². The van der Waals surface area contributed by atoms with Crippen molar-refractivity contribution in [2.45, 2.75) is 38.5 Å². The second-order valence-corrected chi connectivity index (χ2v) is 7.24. The molecule has 100 valence electrons. The largest absolute Gasteiger partial charge is 0.118 e. The lowest BCUT2D eigenvalue weighted by Crippen LogP contribution is -2.11. The van der Waals surface area contributed by atoms with Crippen molar-refractivity contribution >= 4 is 34.0 Å². The highest BCUT2D eigenvalue weighted by molar-refractivity contribution is 6.36. The zero-order chi connectivity index (χ0) is 13.6. The van der Waals surface area contributed by atoms with Crippen molar-refractivity contribution in [1.29, 1.82) is 0 Å². The molecule has 0 aromatic heterocycles. The molecule has 0 fully saturated rings. The summed E-state index contributed by atoms with van der Waals surface area (Å²) >= 11 is 13.1. The van der Waals surface area contributed by atoms with E-state index in [1.807, 2.05) is 6.07 Å². The Bertz CT molecular complexity index is 628. The molecular formula is C17H18Cl2. The molecule has 0 aliphatic heterocycles. The van der Waals surface area contributed by atoms with Gasteiger partial charge in [-0.15, -0.1) is 11.6 Å². The van der Waals surface area contributed by atoms with Crippen LogP contribution in [0, 0.1) is 5.41 Å². The zero-order valence-corrected chi connectivity index (χ0v) is 12.9. The summed E-state index contributed by atoms with van der Waals surface area (Å²) in [5.74, 6) is 0. The third kappa shape index (κ3) is 2.37. The Hall–Kier alpha value is -0.720. The molecule has 3 rings (SSSR count). The molecule has 0 saturated carbocycles. The van der Waals surface area contributed by atoms with Crippen LogP contribution in [0.15, 0.2) is 30.3 Å². The Morgan fingerprint density at radius 1 is 1.16 bits per heavy atom. The highest BCUT2D eigenvalue weighted by Crippen LogP contribution is 2.45. The Morgan fingerprint density at radius 2 is 1.84 bits per heavy atom. The molecular weight excluding hydrogens is 275 g/mol. The maximum absolute atomic E-state index is 6.65. The van der Waals surface area contributed by atoms with Crippen LogP contribution in [0.4, 0.5) is 0 Å². The summed E-state index contributed by atoms with van der Waals surface area (Å²) in [6.07, 6.45) is 3.27. The fourth-order valence-electron chi connectivity index (χ4n) is 3.13. The lowest BCUT2D eigenvalue weighted by Gasteiger charge is -2.23. The maximum atomic E-state index is 6.65. The minimum absolute atomic E-state index is 0.0645. The van der Waals surface area contributed by atoms with E-state index in [4.69, 9.17) is 23.2 Å². The Kier molecular flexibility index (Phi) is 3.27. The average molecular weight is 293 g/mol. The van der Waals surface area contributed by atoms with Crippen LogP contribution in [0.2, 0.25) is 5.02 Å². The number of hydrogen-bond acceptors (Lipinski definition) is 0. The number of aryl methyl sites for hydroxylation is 1. The van der Waals surface area contributed by atoms with E-state index in [0.717, 1.165) is 23.3 Å². The Balaban J connectivity index is 2.26. The number of rotatable bonds is 0. The predicted molar refractivity (Wildman–Crippen MR) is 84.3 cm³/mol. The summed E-state index contributed by atoms with van der Waals surface area (Å²) in [6, 6.07) is 10.5. The lowest BCUT2D eigenvalue weighted by molar-refractivity contribution is 0.313. The van der Waals surface area contributed by atoms with Crippen molar-refractivity contribution in [3.05, 3.63) is 46.5 Å². The molecule has 2 heteroatoms. The van der Waals surface area contributed by atoms with E-state index in [1.54, 1.807) is 0 Å². The van der Waals surface area contributed by atoms with Gasteiger partial charge in [0.25, 0.3) is 0 Å². The molecule has 0 amide bonds. The van der Waals surface area contributed by atoms with Crippen LogP contribution in [-0.4, -0.2) is 0 Å². The molecule has 0 N–H and O–H groups in total. The first-order valence-electron chi connectivity index (χ1n) is 6.82. The van der Waals surface area contributed by atoms with Gasteiger partial charge in [0.1, 0.15) is 0 Å². The van der Waals surface area contributed by atoms with Gasteiger partial charge in [-0.05, 0) is 47.3 Å². The molecule has 1 atom stereocenters. The van der Waals surface area contributed by atoms with Gasteiger partial charge in [-0.25, -0.2) is 0 Å². The molecule has 0 nitrogen and oxygen atoms in total. The van der Waals surface area contributed by atoms with Crippen molar-refractivity contribution in [3.8, 4) is 0 Å². The normalized spacial score (nSPS) is 22.0. The standard InChI is InChI=1S/C17H18Cl2/c1-17(2)8-7-12-11-5-3-4-6-13(11)15(18)9-14(12)16(19)10-17/h3-6,9,16H,7-8,10H2,1-2H3. The summed E-state index contributed by atoms with van der Waals surface area (Å²) in [6.45, 7) is 4.61. The van der Waals surface area contributed by atoms with Gasteiger partial charge in [0.05, 0.1) is 5.38 Å². The lowest BCUT2D eigenvalue weighted by atomic mass is 9.84. The topological polar surface area (TPSA) is 0 Å². The van der Waals surface area contributed by atoms with Crippen LogP contribution >= 0.6 is 23.2 Å². The molecule has 1 unspecified atom stereocenters. The van der Waals surface area contributed by atoms with Crippen LogP contribution in [0.5, 0.6) is 0 Å². The van der Waals surface area contributed by atoms with Crippen molar-refractivity contribution in [2.75, 3.05) is 0 Å². The van der Waals surface area contributed by atoms with E-state index in [0.29, 0.717) is 5.41 Å². The quantitative estimate of drug-likeness (QED) is 0.404. The highest BCUT2D eigenvalue weighted by atomic mass is 35.5. The van der Waals surface area contributed by atoms with Gasteiger partial charge in [-0.2, -0.15) is 0 Å². The van der Waals surface area contributed by atoms with E-state index in [1.165, 1.54) is 22.9 Å². The number of alkyl halides is 1. The SMILES string of the molecule is CC1(C)CCc2c(cc(Cl)c3ccccc23)C(Cl)C1. The molecule has 0 saturated heterocycles. The van der Waals surface area contributed by atoms with Crippen LogP contribution in [0.1, 0.15) is 43.2 Å². The summed E-state index contributed by atoms with van der Waals surface area (Å²) in [5, 5.41) is 3.30. The summed E-state index contributed by atoms with van der Waals surface area (Å²) in [7, 11) is 0. The van der Waals surface area contributed by atoms with Crippen molar-refractivity contribution in [1.82, 2.24) is 0 Å². The summed E-state index contributed by atoms with van der Waals surface area (Å²) in [5.41, 5.74) is 2.92. The number of halogens is 2. The van der Waals surface area contributed by atoms with Gasteiger partial charge in [0, 0.05) is 10.4 Å². The first kappa shape index (κ1) is 13.3. The summed E-state index contributed by atoms with van der Waals surface area (Å²) < 4.78 is 0. The first-order chi connectivity index (χ1) is 8.98. The van der Waals surface area contributed by atoms with E-state index < -0.39 is 0 Å². The number of hydrogen-bond donors (Lipinski definition) is 0. The minimum atomic E-state index is 0.0645. The highest BCUT2D eigenvalue weighted by Gasteiger charge is 2.29. The molecule has 1 aliphatic rings. The smallest absolute Gasteiger partial charge is 0.0593 e. The van der Waals surface area contributed by atoms with Gasteiger partial charge < -0.3 is 0 Å². The van der Waals surface area contributed by atoms with Crippen molar-refractivity contribution in [3.63, 3.8) is 0 Å². The van der Waals surface area contributed by atoms with E-state index in [-0.39, 0.29) is 5.38 Å². The Morgan fingerprint density at radius 3 is 2.58 bits per heavy atom. The maximum Gasteiger partial charge on any atom is 0.0593 e. The van der Waals surface area contributed by atoms with Crippen LogP contribution in [0.3, 0.4) is 0 Å². The van der Waals surface area contributed by atoms with Gasteiger partial charge in [-0.3, -0.25) is 0 Å². The number of benzene rings is 2. The Labute approximate surface area is 124 Å². The minimum Gasteiger partial charge on any atom is -0.118 e. The average Bonchev–Trinajstić information content (AvgIpc) is 2.47. The van der Waals surface area contributed by atoms with Gasteiger partial charge in [-0.1, -0.05) is 49.7 Å². The van der Waals surface area contributed by atoms with Crippen LogP contribution in [-0.2, 0) is 6.42 Å². The van der Waals surface area contributed by atoms with Crippen LogP contribution in [0.25, 0.3) is 10.8 Å². The fraction of sp³-hybridized carbons (Fsp3) is 0.412. The summed E-state index contributed by atoms with van der Waals surface area (Å²) in [4.78, 5) is 0.